The normalized spacial score (nSPS) is 20.3. The largest absolute Gasteiger partial charge is 0.212 e. The Kier molecular flexibility index (Phi) is 3.29. The molecule has 0 saturated heterocycles. The molecule has 144 valence electrons. The highest BCUT2D eigenvalue weighted by Crippen LogP contribution is 2.37. The van der Waals surface area contributed by atoms with E-state index >= 15 is 0 Å². The Morgan fingerprint density at radius 1 is 0.893 bits per heavy atom. The van der Waals surface area contributed by atoms with Crippen LogP contribution in [0.2, 0.25) is 0 Å². The van der Waals surface area contributed by atoms with Crippen LogP contribution < -0.4 is 4.57 Å². The molecule has 0 atom stereocenters. The van der Waals surface area contributed by atoms with E-state index in [0.29, 0.717) is 16.7 Å². The Labute approximate surface area is 179 Å². The zero-order valence-electron chi connectivity index (χ0n) is 23.9. The van der Waals surface area contributed by atoms with Gasteiger partial charge in [-0.15, -0.1) is 0 Å². The molecular weight excluding hydrogens is 338 g/mol. The molecule has 1 aliphatic carbocycles. The van der Waals surface area contributed by atoms with E-state index in [9.17, 15) is 0 Å². The fraction of sp³-hybridized carbons (Fsp3) is 0.370. The SMILES string of the molecule is [2H]C([2H])([2H])c1c[n+](C)c(-c2cc(-c3cccc(C4([2H])CCCC4)c3)c(C([2H])([2H])[2H])cc2C)cc1C. The van der Waals surface area contributed by atoms with Gasteiger partial charge in [0.25, 0.3) is 0 Å². The van der Waals surface area contributed by atoms with Crippen molar-refractivity contribution in [1.29, 1.82) is 0 Å². The molecule has 1 fully saturated rings. The molecule has 0 aliphatic heterocycles. The third-order valence-electron chi connectivity index (χ3n) is 5.91. The van der Waals surface area contributed by atoms with Gasteiger partial charge in [-0.3, -0.25) is 0 Å². The number of aromatic nitrogens is 1. The van der Waals surface area contributed by atoms with Gasteiger partial charge in [0.1, 0.15) is 7.05 Å². The maximum Gasteiger partial charge on any atom is 0.212 e. The molecule has 1 nitrogen and oxygen atoms in total. The fourth-order valence-corrected chi connectivity index (χ4v) is 4.24. The van der Waals surface area contributed by atoms with Crippen LogP contribution in [0.15, 0.2) is 48.7 Å². The van der Waals surface area contributed by atoms with Gasteiger partial charge in [-0.1, -0.05) is 43.2 Å². The number of rotatable bonds is 3. The third kappa shape index (κ3) is 3.51. The van der Waals surface area contributed by atoms with Gasteiger partial charge in [-0.25, -0.2) is 4.57 Å². The van der Waals surface area contributed by atoms with Gasteiger partial charge in [0.15, 0.2) is 6.20 Å². The number of hydrogen-bond donors (Lipinski definition) is 0. The second-order valence-corrected chi connectivity index (χ2v) is 7.97. The molecule has 3 aromatic rings. The monoisotopic (exact) mass is 377 g/mol. The molecule has 0 N–H and O–H groups in total. The van der Waals surface area contributed by atoms with Crippen LogP contribution in [0.25, 0.3) is 22.4 Å². The highest BCUT2D eigenvalue weighted by molar-refractivity contribution is 5.76. The molecule has 0 amide bonds. The summed E-state index contributed by atoms with van der Waals surface area (Å²) in [6.07, 6.45) is 5.33. The van der Waals surface area contributed by atoms with Gasteiger partial charge in [0.05, 0.1) is 0 Å². The van der Waals surface area contributed by atoms with Crippen LogP contribution in [-0.2, 0) is 7.05 Å². The van der Waals surface area contributed by atoms with Crippen molar-refractivity contribution in [2.24, 2.45) is 7.05 Å². The third-order valence-corrected chi connectivity index (χ3v) is 5.91. The van der Waals surface area contributed by atoms with Crippen LogP contribution in [-0.4, -0.2) is 0 Å². The number of hydrogen-bond acceptors (Lipinski definition) is 0. The Balaban J connectivity index is 1.93. The summed E-state index contributed by atoms with van der Waals surface area (Å²) in [5.41, 5.74) is 6.04. The van der Waals surface area contributed by atoms with Gasteiger partial charge in [0.2, 0.25) is 5.69 Å². The smallest absolute Gasteiger partial charge is 0.201 e. The zero-order chi connectivity index (χ0) is 25.8. The second-order valence-electron chi connectivity index (χ2n) is 7.97. The van der Waals surface area contributed by atoms with Gasteiger partial charge in [0, 0.05) is 26.8 Å². The summed E-state index contributed by atoms with van der Waals surface area (Å²) in [6.45, 7) is -0.839. The van der Waals surface area contributed by atoms with Crippen LogP contribution in [0, 0.1) is 27.6 Å². The standard InChI is InChI=1S/C27H32N/c1-18-14-27(28(5)17-21(18)4)26-16-25(19(2)13-20(26)3)24-12-8-11-23(15-24)22-9-6-7-10-22/h8,11-17,22H,6-7,9-10H2,1-5H3/q+1/i2D3,4D3,22D. The van der Waals surface area contributed by atoms with E-state index in [1.807, 2.05) is 50.4 Å². The topological polar surface area (TPSA) is 3.88 Å². The van der Waals surface area contributed by atoms with Gasteiger partial charge >= 0.3 is 0 Å². The molecule has 0 radical (unpaired) electrons. The first-order valence-corrected chi connectivity index (χ1v) is 9.98. The Hall–Kier alpha value is -2.41. The average molecular weight is 378 g/mol. The molecule has 1 heterocycles. The first kappa shape index (κ1) is 12.2. The molecule has 1 heteroatoms. The summed E-state index contributed by atoms with van der Waals surface area (Å²) in [7, 11) is 1.81. The van der Waals surface area contributed by atoms with Gasteiger partial charge < -0.3 is 0 Å². The molecule has 0 unspecified atom stereocenters. The first-order chi connectivity index (χ1) is 16.2. The number of benzene rings is 2. The lowest BCUT2D eigenvalue weighted by molar-refractivity contribution is -0.660. The molecule has 1 aromatic heterocycles. The van der Waals surface area contributed by atoms with Crippen molar-refractivity contribution in [3.05, 3.63) is 76.5 Å². The van der Waals surface area contributed by atoms with Crippen molar-refractivity contribution in [2.45, 2.75) is 59.1 Å². The summed E-state index contributed by atoms with van der Waals surface area (Å²) in [4.78, 5) is 0. The molecule has 0 bridgehead atoms. The lowest BCUT2D eigenvalue weighted by atomic mass is 9.90. The molecular formula is C27H32N+. The van der Waals surface area contributed by atoms with E-state index in [-0.39, 0.29) is 5.56 Å². The highest BCUT2D eigenvalue weighted by Gasteiger charge is 2.19. The molecule has 0 spiro atoms. The van der Waals surface area contributed by atoms with Crippen molar-refractivity contribution < 1.29 is 14.2 Å². The lowest BCUT2D eigenvalue weighted by Crippen LogP contribution is -2.31. The minimum absolute atomic E-state index is 0.278. The summed E-state index contributed by atoms with van der Waals surface area (Å²) >= 11 is 0. The van der Waals surface area contributed by atoms with Crippen molar-refractivity contribution in [2.75, 3.05) is 0 Å². The number of pyridine rings is 1. The summed E-state index contributed by atoms with van der Waals surface area (Å²) in [6, 6.07) is 13.3. The predicted octanol–water partition coefficient (Wildman–Crippen LogP) is 6.74. The maximum atomic E-state index is 8.93. The zero-order valence-corrected chi connectivity index (χ0v) is 16.9. The van der Waals surface area contributed by atoms with E-state index < -0.39 is 19.6 Å². The fourth-order valence-electron chi connectivity index (χ4n) is 4.24. The van der Waals surface area contributed by atoms with Crippen LogP contribution in [0.5, 0.6) is 0 Å². The van der Waals surface area contributed by atoms with E-state index in [4.69, 9.17) is 9.60 Å². The molecule has 2 aromatic carbocycles. The summed E-state index contributed by atoms with van der Waals surface area (Å²) in [5.74, 6) is -0.627. The predicted molar refractivity (Wildman–Crippen MR) is 119 cm³/mol. The molecule has 4 rings (SSSR count). The first-order valence-electron chi connectivity index (χ1n) is 13.5. The summed E-state index contributed by atoms with van der Waals surface area (Å²) in [5, 5.41) is 0. The van der Waals surface area contributed by atoms with Crippen molar-refractivity contribution in [3.63, 3.8) is 0 Å². The number of nitrogens with zero attached hydrogens (tertiary/aromatic N) is 1. The van der Waals surface area contributed by atoms with E-state index in [1.165, 1.54) is 0 Å². The average Bonchev–Trinajstić information content (AvgIpc) is 3.21. The quantitative estimate of drug-likeness (QED) is 0.445. The van der Waals surface area contributed by atoms with Crippen molar-refractivity contribution >= 4 is 0 Å². The second kappa shape index (κ2) is 7.54. The van der Waals surface area contributed by atoms with E-state index in [2.05, 4.69) is 0 Å². The number of aryl methyl sites for hydroxylation is 5. The van der Waals surface area contributed by atoms with Crippen LogP contribution >= 0.6 is 0 Å². The Morgan fingerprint density at radius 2 is 1.68 bits per heavy atom. The van der Waals surface area contributed by atoms with E-state index in [0.717, 1.165) is 53.6 Å². The molecule has 28 heavy (non-hydrogen) atoms. The van der Waals surface area contributed by atoms with Gasteiger partial charge in [-0.2, -0.15) is 0 Å². The van der Waals surface area contributed by atoms with Crippen LogP contribution in [0.3, 0.4) is 0 Å². The Morgan fingerprint density at radius 3 is 2.43 bits per heavy atom. The Bertz CT molecular complexity index is 1270. The molecule has 1 saturated carbocycles. The van der Waals surface area contributed by atoms with Crippen molar-refractivity contribution in [3.8, 4) is 22.4 Å². The maximum absolute atomic E-state index is 8.93. The minimum Gasteiger partial charge on any atom is -0.201 e. The lowest BCUT2D eigenvalue weighted by Gasteiger charge is -2.15. The minimum atomic E-state index is -2.30. The van der Waals surface area contributed by atoms with Crippen molar-refractivity contribution in [1.82, 2.24) is 0 Å². The molecule has 1 aliphatic rings. The summed E-state index contributed by atoms with van der Waals surface area (Å²) < 4.78 is 58.8. The van der Waals surface area contributed by atoms with Crippen LogP contribution in [0.1, 0.15) is 69.0 Å². The highest BCUT2D eigenvalue weighted by atomic mass is 14.9. The van der Waals surface area contributed by atoms with Gasteiger partial charge in [-0.05, 0) is 85.7 Å². The van der Waals surface area contributed by atoms with Crippen LogP contribution in [0.4, 0.5) is 0 Å². The van der Waals surface area contributed by atoms with E-state index in [1.54, 1.807) is 23.8 Å².